The van der Waals surface area contributed by atoms with Crippen LogP contribution in [-0.2, 0) is 6.42 Å². The molecule has 144 valence electrons. The number of nitrogens with one attached hydrogen (secondary N) is 1. The summed E-state index contributed by atoms with van der Waals surface area (Å²) in [6.45, 7) is 1.83. The number of nitrogens with two attached hydrogens (primary N) is 1. The van der Waals surface area contributed by atoms with Crippen molar-refractivity contribution in [3.05, 3.63) is 58.7 Å². The zero-order valence-electron chi connectivity index (χ0n) is 16.0. The molecule has 2 aliphatic rings. The molecule has 0 bridgehead atoms. The third-order valence-electron chi connectivity index (χ3n) is 5.20. The number of amides is 1. The quantitative estimate of drug-likeness (QED) is 0.853. The second-order valence-electron chi connectivity index (χ2n) is 7.02. The van der Waals surface area contributed by atoms with Crippen molar-refractivity contribution in [3.8, 4) is 5.75 Å². The molecule has 1 aromatic carbocycles. The van der Waals surface area contributed by atoms with E-state index in [1.165, 1.54) is 5.56 Å². The molecule has 7 nitrogen and oxygen atoms in total. The number of aliphatic imine (C=N–C) groups is 1. The van der Waals surface area contributed by atoms with Gasteiger partial charge in [0.1, 0.15) is 11.4 Å². The van der Waals surface area contributed by atoms with Crippen LogP contribution >= 0.6 is 0 Å². The molecule has 1 aliphatic carbocycles. The number of benzene rings is 1. The van der Waals surface area contributed by atoms with Crippen molar-refractivity contribution in [2.45, 2.75) is 38.6 Å². The average Bonchev–Trinajstić information content (AvgIpc) is 3.11. The van der Waals surface area contributed by atoms with Gasteiger partial charge in [-0.3, -0.25) is 9.79 Å². The Labute approximate surface area is 163 Å². The fraction of sp³-hybridized carbons (Fsp3) is 0.333. The first-order valence-corrected chi connectivity index (χ1v) is 9.40. The smallest absolute Gasteiger partial charge is 0.274 e. The molecule has 0 spiro atoms. The minimum Gasteiger partial charge on any atom is -0.497 e. The maximum absolute atomic E-state index is 12.8. The Morgan fingerprint density at radius 3 is 2.89 bits per heavy atom. The van der Waals surface area contributed by atoms with Crippen molar-refractivity contribution in [2.24, 2.45) is 4.99 Å². The van der Waals surface area contributed by atoms with Gasteiger partial charge in [0.15, 0.2) is 11.5 Å². The number of nitrogen functional groups attached to an aromatic ring is 1. The molecule has 2 aromatic rings. The molecule has 0 fully saturated rings. The molecule has 28 heavy (non-hydrogen) atoms. The molecule has 1 atom stereocenters. The lowest BCUT2D eigenvalue weighted by Crippen LogP contribution is -2.29. The Balaban J connectivity index is 1.56. The number of rotatable bonds is 4. The minimum absolute atomic E-state index is 0.0672. The van der Waals surface area contributed by atoms with Crippen LogP contribution in [0.1, 0.15) is 58.3 Å². The monoisotopic (exact) mass is 377 g/mol. The van der Waals surface area contributed by atoms with Gasteiger partial charge in [0, 0.05) is 6.20 Å². The molecular formula is C21H23N5O2. The van der Waals surface area contributed by atoms with Crippen molar-refractivity contribution in [3.63, 3.8) is 0 Å². The van der Waals surface area contributed by atoms with Crippen molar-refractivity contribution in [1.82, 2.24) is 15.3 Å². The second kappa shape index (κ2) is 7.42. The minimum atomic E-state index is -0.307. The van der Waals surface area contributed by atoms with E-state index in [1.54, 1.807) is 13.3 Å². The van der Waals surface area contributed by atoms with Gasteiger partial charge in [0.2, 0.25) is 0 Å². The van der Waals surface area contributed by atoms with Crippen LogP contribution in [0.25, 0.3) is 0 Å². The predicted molar refractivity (Wildman–Crippen MR) is 108 cm³/mol. The van der Waals surface area contributed by atoms with Gasteiger partial charge < -0.3 is 15.8 Å². The number of hydrogen-bond donors (Lipinski definition) is 2. The van der Waals surface area contributed by atoms with Gasteiger partial charge in [-0.05, 0) is 55.9 Å². The summed E-state index contributed by atoms with van der Waals surface area (Å²) >= 11 is 0. The van der Waals surface area contributed by atoms with Crippen LogP contribution < -0.4 is 15.8 Å². The van der Waals surface area contributed by atoms with E-state index >= 15 is 0 Å². The highest BCUT2D eigenvalue weighted by Gasteiger charge is 2.27. The third kappa shape index (κ3) is 3.35. The SMILES string of the molecule is COc1ccc2c(c1)CCC2NC(=O)c1nc(C)c(C2=NC=CCC2)nc1N. The van der Waals surface area contributed by atoms with E-state index in [2.05, 4.69) is 20.3 Å². The second-order valence-corrected chi connectivity index (χ2v) is 7.02. The van der Waals surface area contributed by atoms with Crippen molar-refractivity contribution in [1.29, 1.82) is 0 Å². The molecule has 0 saturated heterocycles. The summed E-state index contributed by atoms with van der Waals surface area (Å²) in [5, 5.41) is 3.05. The van der Waals surface area contributed by atoms with Gasteiger partial charge in [-0.25, -0.2) is 9.97 Å². The molecule has 1 unspecified atom stereocenters. The number of hydrogen-bond acceptors (Lipinski definition) is 6. The molecule has 3 N–H and O–H groups in total. The number of aromatic nitrogens is 2. The normalized spacial score (nSPS) is 17.8. The summed E-state index contributed by atoms with van der Waals surface area (Å²) in [6.07, 6.45) is 7.20. The van der Waals surface area contributed by atoms with E-state index in [1.807, 2.05) is 31.2 Å². The van der Waals surface area contributed by atoms with E-state index in [9.17, 15) is 4.79 Å². The Kier molecular flexibility index (Phi) is 4.81. The van der Waals surface area contributed by atoms with Crippen molar-refractivity contribution in [2.75, 3.05) is 12.8 Å². The molecule has 0 saturated carbocycles. The standard InChI is InChI=1S/C21H23N5O2/c1-12-18(17-5-3-4-10-23-17)26-20(22)19(24-12)21(27)25-16-9-6-13-11-14(28-2)7-8-15(13)16/h4,7-8,10-11,16H,3,5-6,9H2,1-2H3,(H2,22,26)(H,25,27). The van der Waals surface area contributed by atoms with E-state index in [0.29, 0.717) is 11.4 Å². The third-order valence-corrected chi connectivity index (χ3v) is 5.20. The van der Waals surface area contributed by atoms with E-state index in [-0.39, 0.29) is 23.5 Å². The maximum Gasteiger partial charge on any atom is 0.274 e. The van der Waals surface area contributed by atoms with Crippen LogP contribution in [0.2, 0.25) is 0 Å². The largest absolute Gasteiger partial charge is 0.497 e. The van der Waals surface area contributed by atoms with Crippen LogP contribution in [0.3, 0.4) is 0 Å². The lowest BCUT2D eigenvalue weighted by Gasteiger charge is -2.16. The number of ether oxygens (including phenoxy) is 1. The fourth-order valence-electron chi connectivity index (χ4n) is 3.75. The zero-order chi connectivity index (χ0) is 19.7. The first-order valence-electron chi connectivity index (χ1n) is 9.40. The van der Waals surface area contributed by atoms with Crippen LogP contribution in [0.4, 0.5) is 5.82 Å². The fourth-order valence-corrected chi connectivity index (χ4v) is 3.75. The van der Waals surface area contributed by atoms with E-state index in [4.69, 9.17) is 10.5 Å². The summed E-state index contributed by atoms with van der Waals surface area (Å²) in [7, 11) is 1.65. The van der Waals surface area contributed by atoms with E-state index in [0.717, 1.165) is 42.7 Å². The topological polar surface area (TPSA) is 102 Å². The number of fused-ring (bicyclic) bond motifs is 1. The number of allylic oxidation sites excluding steroid dienone is 1. The highest BCUT2D eigenvalue weighted by Crippen LogP contribution is 2.33. The molecule has 1 amide bonds. The maximum atomic E-state index is 12.8. The number of nitrogens with zero attached hydrogens (tertiary/aromatic N) is 3. The molecule has 2 heterocycles. The molecular weight excluding hydrogens is 354 g/mol. The lowest BCUT2D eigenvalue weighted by atomic mass is 10.1. The van der Waals surface area contributed by atoms with Crippen LogP contribution in [0, 0.1) is 6.92 Å². The number of methoxy groups -OCH3 is 1. The predicted octanol–water partition coefficient (Wildman–Crippen LogP) is 2.89. The van der Waals surface area contributed by atoms with Crippen molar-refractivity contribution >= 4 is 17.4 Å². The van der Waals surface area contributed by atoms with Crippen LogP contribution in [-0.4, -0.2) is 28.7 Å². The first kappa shape index (κ1) is 18.2. The molecule has 7 heteroatoms. The summed E-state index contributed by atoms with van der Waals surface area (Å²) in [4.78, 5) is 26.1. The number of aryl methyl sites for hydroxylation is 2. The Morgan fingerprint density at radius 1 is 1.29 bits per heavy atom. The summed E-state index contributed by atoms with van der Waals surface area (Å²) in [5.41, 5.74) is 10.7. The zero-order valence-corrected chi connectivity index (χ0v) is 16.0. The van der Waals surface area contributed by atoms with Gasteiger partial charge in [-0.2, -0.15) is 0 Å². The molecule has 4 rings (SSSR count). The van der Waals surface area contributed by atoms with Crippen LogP contribution in [0.5, 0.6) is 5.75 Å². The van der Waals surface area contributed by atoms with E-state index < -0.39 is 0 Å². The number of carbonyl (C=O) groups excluding carboxylic acids is 1. The lowest BCUT2D eigenvalue weighted by molar-refractivity contribution is 0.0932. The van der Waals surface area contributed by atoms with Crippen LogP contribution in [0.15, 0.2) is 35.5 Å². The molecule has 0 radical (unpaired) electrons. The Bertz CT molecular complexity index is 997. The van der Waals surface area contributed by atoms with Gasteiger partial charge in [0.25, 0.3) is 5.91 Å². The summed E-state index contributed by atoms with van der Waals surface area (Å²) < 4.78 is 5.28. The number of anilines is 1. The summed E-state index contributed by atoms with van der Waals surface area (Å²) in [6, 6.07) is 5.87. The Hall–Kier alpha value is -3.22. The molecule has 1 aromatic heterocycles. The van der Waals surface area contributed by atoms with Gasteiger partial charge >= 0.3 is 0 Å². The van der Waals surface area contributed by atoms with Gasteiger partial charge in [-0.1, -0.05) is 12.1 Å². The van der Waals surface area contributed by atoms with Crippen molar-refractivity contribution < 1.29 is 9.53 Å². The van der Waals surface area contributed by atoms with Gasteiger partial charge in [0.05, 0.1) is 24.6 Å². The number of carbonyl (C=O) groups is 1. The van der Waals surface area contributed by atoms with Gasteiger partial charge in [-0.15, -0.1) is 0 Å². The highest BCUT2D eigenvalue weighted by molar-refractivity contribution is 6.02. The highest BCUT2D eigenvalue weighted by atomic mass is 16.5. The Morgan fingerprint density at radius 2 is 2.14 bits per heavy atom. The summed E-state index contributed by atoms with van der Waals surface area (Å²) in [5.74, 6) is 0.648. The molecule has 1 aliphatic heterocycles. The first-order chi connectivity index (χ1) is 13.6. The average molecular weight is 377 g/mol.